The maximum atomic E-state index is 13.0. The van der Waals surface area contributed by atoms with Crippen LogP contribution in [0.4, 0.5) is 0 Å². The molecule has 1 N–H and O–H groups in total. The average Bonchev–Trinajstić information content (AvgIpc) is 3.61. The Kier molecular flexibility index (Phi) is 5.11. The fourth-order valence-corrected chi connectivity index (χ4v) is 7.07. The van der Waals surface area contributed by atoms with Gasteiger partial charge in [-0.25, -0.2) is 8.42 Å². The van der Waals surface area contributed by atoms with Gasteiger partial charge in [0.2, 0.25) is 10.0 Å². The molecule has 0 radical (unpaired) electrons. The first-order valence-corrected chi connectivity index (χ1v) is 12.6. The van der Waals surface area contributed by atoms with Crippen LogP contribution in [0.5, 0.6) is 0 Å². The molecule has 1 aliphatic heterocycles. The van der Waals surface area contributed by atoms with Crippen molar-refractivity contribution in [3.63, 3.8) is 0 Å². The largest absolute Gasteiger partial charge is 0.351 e. The molecule has 1 aromatic heterocycles. The SMILES string of the molecule is Cc1ccc(C(=O)NCC2(CC3CC3)C3CN(S(=O)(=O)c4cccnc4)CC32)c(Cl)c1. The van der Waals surface area contributed by atoms with Crippen molar-refractivity contribution in [1.29, 1.82) is 0 Å². The number of hydrogen-bond acceptors (Lipinski definition) is 4. The molecule has 6 nitrogen and oxygen atoms in total. The summed E-state index contributed by atoms with van der Waals surface area (Å²) in [5.41, 5.74) is 1.49. The second kappa shape index (κ2) is 7.57. The molecule has 2 saturated carbocycles. The molecule has 0 spiro atoms. The number of carbonyl (C=O) groups excluding carboxylic acids is 1. The molecule has 5 rings (SSSR count). The Bertz CT molecular complexity index is 1110. The number of nitrogens with zero attached hydrogens (tertiary/aromatic N) is 2. The van der Waals surface area contributed by atoms with E-state index in [0.29, 0.717) is 36.1 Å². The molecule has 1 aromatic carbocycles. The molecule has 0 bridgehead atoms. The van der Waals surface area contributed by atoms with Gasteiger partial charge in [0.15, 0.2) is 0 Å². The van der Waals surface area contributed by atoms with Gasteiger partial charge in [0.25, 0.3) is 5.91 Å². The quantitative estimate of drug-likeness (QED) is 0.687. The van der Waals surface area contributed by atoms with Crippen LogP contribution in [0.3, 0.4) is 0 Å². The third kappa shape index (κ3) is 3.77. The molecule has 31 heavy (non-hydrogen) atoms. The molecular weight excluding hydrogens is 434 g/mol. The Morgan fingerprint density at radius 1 is 1.26 bits per heavy atom. The highest BCUT2D eigenvalue weighted by atomic mass is 35.5. The van der Waals surface area contributed by atoms with Crippen LogP contribution in [-0.2, 0) is 10.0 Å². The van der Waals surface area contributed by atoms with Crippen LogP contribution in [-0.4, -0.2) is 43.2 Å². The van der Waals surface area contributed by atoms with E-state index >= 15 is 0 Å². The summed E-state index contributed by atoms with van der Waals surface area (Å²) in [4.78, 5) is 17.0. The molecule has 2 atom stereocenters. The molecule has 2 aromatic rings. The molecule has 2 heterocycles. The van der Waals surface area contributed by atoms with Crippen LogP contribution < -0.4 is 5.32 Å². The van der Waals surface area contributed by atoms with Crippen molar-refractivity contribution in [3.8, 4) is 0 Å². The fraction of sp³-hybridized carbons (Fsp3) is 0.478. The summed E-state index contributed by atoms with van der Waals surface area (Å²) in [7, 11) is -3.52. The first-order valence-electron chi connectivity index (χ1n) is 10.8. The van der Waals surface area contributed by atoms with Gasteiger partial charge in [-0.15, -0.1) is 0 Å². The van der Waals surface area contributed by atoms with Crippen LogP contribution in [0, 0.1) is 30.1 Å². The van der Waals surface area contributed by atoms with Crippen molar-refractivity contribution in [2.75, 3.05) is 19.6 Å². The smallest absolute Gasteiger partial charge is 0.252 e. The lowest BCUT2D eigenvalue weighted by molar-refractivity contribution is 0.0937. The van der Waals surface area contributed by atoms with E-state index in [9.17, 15) is 13.2 Å². The van der Waals surface area contributed by atoms with Crippen molar-refractivity contribution >= 4 is 27.5 Å². The maximum absolute atomic E-state index is 13.0. The number of amides is 1. The van der Waals surface area contributed by atoms with Crippen molar-refractivity contribution in [2.45, 2.75) is 31.1 Å². The van der Waals surface area contributed by atoms with Crippen LogP contribution >= 0.6 is 11.6 Å². The van der Waals surface area contributed by atoms with E-state index in [4.69, 9.17) is 11.6 Å². The average molecular weight is 460 g/mol. The highest BCUT2D eigenvalue weighted by Crippen LogP contribution is 2.67. The number of hydrogen-bond donors (Lipinski definition) is 1. The van der Waals surface area contributed by atoms with Crippen LogP contribution in [0.2, 0.25) is 5.02 Å². The van der Waals surface area contributed by atoms with Gasteiger partial charge < -0.3 is 5.32 Å². The number of piperidine rings is 1. The lowest BCUT2D eigenvalue weighted by atomic mass is 9.92. The van der Waals surface area contributed by atoms with Crippen LogP contribution in [0.1, 0.15) is 35.2 Å². The van der Waals surface area contributed by atoms with E-state index in [1.165, 1.54) is 19.0 Å². The van der Waals surface area contributed by atoms with Gasteiger partial charge in [-0.1, -0.05) is 30.5 Å². The zero-order valence-corrected chi connectivity index (χ0v) is 19.0. The Balaban J connectivity index is 1.28. The minimum atomic E-state index is -3.52. The normalized spacial score (nSPS) is 27.7. The van der Waals surface area contributed by atoms with E-state index in [2.05, 4.69) is 10.3 Å². The zero-order valence-electron chi connectivity index (χ0n) is 17.4. The predicted octanol–water partition coefficient (Wildman–Crippen LogP) is 3.51. The number of carbonyl (C=O) groups is 1. The number of pyridine rings is 1. The number of fused-ring (bicyclic) bond motifs is 1. The Morgan fingerprint density at radius 3 is 2.61 bits per heavy atom. The van der Waals surface area contributed by atoms with Gasteiger partial charge in [0.1, 0.15) is 4.90 Å². The number of nitrogens with one attached hydrogen (secondary N) is 1. The maximum Gasteiger partial charge on any atom is 0.252 e. The summed E-state index contributed by atoms with van der Waals surface area (Å²) in [6.45, 7) is 3.53. The third-order valence-corrected chi connectivity index (χ3v) is 9.37. The molecule has 164 valence electrons. The van der Waals surface area contributed by atoms with Crippen molar-refractivity contribution < 1.29 is 13.2 Å². The molecule has 2 unspecified atom stereocenters. The summed E-state index contributed by atoms with van der Waals surface area (Å²) in [6, 6.07) is 8.68. The van der Waals surface area contributed by atoms with Gasteiger partial charge in [-0.05, 0) is 66.3 Å². The molecule has 2 aliphatic carbocycles. The highest BCUT2D eigenvalue weighted by molar-refractivity contribution is 7.89. The lowest BCUT2D eigenvalue weighted by Crippen LogP contribution is -2.39. The first-order chi connectivity index (χ1) is 14.8. The summed E-state index contributed by atoms with van der Waals surface area (Å²) in [5, 5.41) is 3.56. The van der Waals surface area contributed by atoms with E-state index in [0.717, 1.165) is 12.0 Å². The van der Waals surface area contributed by atoms with Crippen molar-refractivity contribution in [2.24, 2.45) is 23.2 Å². The molecule has 1 amide bonds. The summed E-state index contributed by atoms with van der Waals surface area (Å²) in [5.74, 6) is 1.11. The Hall–Kier alpha value is -1.96. The van der Waals surface area contributed by atoms with E-state index < -0.39 is 10.0 Å². The number of benzene rings is 1. The summed E-state index contributed by atoms with van der Waals surface area (Å²) in [6.07, 6.45) is 6.50. The Labute approximate surface area is 188 Å². The fourth-order valence-electron chi connectivity index (χ4n) is 5.29. The van der Waals surface area contributed by atoms with Crippen LogP contribution in [0.15, 0.2) is 47.6 Å². The molecule has 1 saturated heterocycles. The second-order valence-corrected chi connectivity index (χ2v) is 11.6. The molecule has 3 aliphatic rings. The van der Waals surface area contributed by atoms with Crippen molar-refractivity contribution in [1.82, 2.24) is 14.6 Å². The highest BCUT2D eigenvalue weighted by Gasteiger charge is 2.69. The second-order valence-electron chi connectivity index (χ2n) is 9.27. The minimum Gasteiger partial charge on any atom is -0.351 e. The third-order valence-electron chi connectivity index (χ3n) is 7.24. The number of aromatic nitrogens is 1. The monoisotopic (exact) mass is 459 g/mol. The van der Waals surface area contributed by atoms with Crippen LogP contribution in [0.25, 0.3) is 0 Å². The Morgan fingerprint density at radius 2 is 2.00 bits per heavy atom. The van der Waals surface area contributed by atoms with E-state index in [1.807, 2.05) is 13.0 Å². The molecule has 8 heteroatoms. The topological polar surface area (TPSA) is 79.4 Å². The van der Waals surface area contributed by atoms with Gasteiger partial charge in [0, 0.05) is 32.0 Å². The van der Waals surface area contributed by atoms with E-state index in [-0.39, 0.29) is 28.1 Å². The van der Waals surface area contributed by atoms with Gasteiger partial charge in [-0.2, -0.15) is 4.31 Å². The molecular formula is C23H26ClN3O3S. The zero-order chi connectivity index (χ0) is 21.8. The lowest BCUT2D eigenvalue weighted by Gasteiger charge is -2.27. The van der Waals surface area contributed by atoms with Gasteiger partial charge in [0.05, 0.1) is 10.6 Å². The van der Waals surface area contributed by atoms with Crippen molar-refractivity contribution in [3.05, 3.63) is 58.9 Å². The molecule has 3 fully saturated rings. The predicted molar refractivity (Wildman–Crippen MR) is 118 cm³/mol. The van der Waals surface area contributed by atoms with Gasteiger partial charge in [-0.3, -0.25) is 9.78 Å². The van der Waals surface area contributed by atoms with Gasteiger partial charge >= 0.3 is 0 Å². The number of sulfonamides is 1. The summed E-state index contributed by atoms with van der Waals surface area (Å²) >= 11 is 6.27. The number of rotatable bonds is 7. The summed E-state index contributed by atoms with van der Waals surface area (Å²) < 4.78 is 27.5. The first kappa shape index (κ1) is 20.9. The standard InChI is InChI=1S/C23H26ClN3O3S/c1-15-4-7-18(21(24)9-15)22(28)26-14-23(10-16-5-6-16)19-12-27(13-20(19)23)31(29,30)17-3-2-8-25-11-17/h2-4,7-9,11,16,19-20H,5-6,10,12-14H2,1H3,(H,26,28). The van der Waals surface area contributed by atoms with E-state index in [1.54, 1.807) is 34.8 Å². The number of aryl methyl sites for hydroxylation is 1. The minimum absolute atomic E-state index is 0.00500. The number of halogens is 1.